The van der Waals surface area contributed by atoms with Crippen LogP contribution in [0.15, 0.2) is 21.3 Å². The Morgan fingerprint density at radius 2 is 1.93 bits per heavy atom. The lowest BCUT2D eigenvalue weighted by atomic mass is 9.98. The predicted octanol–water partition coefficient (Wildman–Crippen LogP) is 4.55. The summed E-state index contributed by atoms with van der Waals surface area (Å²) in [5, 5.41) is 0.949. The van der Waals surface area contributed by atoms with E-state index in [0.717, 1.165) is 31.5 Å². The summed E-state index contributed by atoms with van der Waals surface area (Å²) in [5.74, 6) is 1.03. The minimum Gasteiger partial charge on any atom is -0.591 e. The summed E-state index contributed by atoms with van der Waals surface area (Å²) in [7, 11) is 0. The van der Waals surface area contributed by atoms with Crippen LogP contribution in [0.3, 0.4) is 0 Å². The Balaban J connectivity index is 1.93. The predicted molar refractivity (Wildman–Crippen MR) is 122 cm³/mol. The molecule has 162 valence electrons. The van der Waals surface area contributed by atoms with Gasteiger partial charge in [0.05, 0.1) is 16.6 Å². The Kier molecular flexibility index (Phi) is 6.01. The second-order valence-corrected chi connectivity index (χ2v) is 11.5. The monoisotopic (exact) mass is 449 g/mol. The lowest BCUT2D eigenvalue weighted by molar-refractivity contribution is 0.0825. The SMILES string of the molecule is C/C(=N\[S@+]([O-])C(C)(C)C)c1cc(Cl)cc2c(=O)n(C3CC3)c(C3CCOCC3)nc12. The van der Waals surface area contributed by atoms with Crippen molar-refractivity contribution in [3.63, 3.8) is 0 Å². The maximum absolute atomic E-state index is 13.5. The minimum atomic E-state index is -1.42. The number of rotatable bonds is 4. The molecule has 30 heavy (non-hydrogen) atoms. The van der Waals surface area contributed by atoms with Crippen LogP contribution in [0.5, 0.6) is 0 Å². The third-order valence-corrected chi connectivity index (χ3v) is 7.33. The number of benzene rings is 1. The molecule has 1 saturated heterocycles. The van der Waals surface area contributed by atoms with Crippen LogP contribution >= 0.6 is 11.6 Å². The second kappa shape index (κ2) is 8.26. The van der Waals surface area contributed by atoms with E-state index in [2.05, 4.69) is 4.40 Å². The fraction of sp³-hybridized carbons (Fsp3) is 0.591. The van der Waals surface area contributed by atoms with Gasteiger partial charge in [0.25, 0.3) is 5.56 Å². The second-order valence-electron chi connectivity index (χ2n) is 9.15. The van der Waals surface area contributed by atoms with Crippen molar-refractivity contribution in [2.45, 2.75) is 70.1 Å². The molecule has 2 fully saturated rings. The third kappa shape index (κ3) is 4.31. The minimum absolute atomic E-state index is 0.0440. The normalized spacial score (nSPS) is 20.0. The first-order chi connectivity index (χ1) is 14.2. The van der Waals surface area contributed by atoms with Gasteiger partial charge in [0.15, 0.2) is 0 Å². The van der Waals surface area contributed by atoms with Crippen LogP contribution in [0.1, 0.15) is 76.7 Å². The molecule has 1 atom stereocenters. The zero-order chi connectivity index (χ0) is 21.6. The number of nitrogens with zero attached hydrogens (tertiary/aromatic N) is 3. The Hall–Kier alpha value is -1.41. The molecule has 0 bridgehead atoms. The van der Waals surface area contributed by atoms with Gasteiger partial charge < -0.3 is 9.29 Å². The summed E-state index contributed by atoms with van der Waals surface area (Å²) < 4.78 is 23.9. The van der Waals surface area contributed by atoms with Gasteiger partial charge in [-0.3, -0.25) is 9.36 Å². The molecule has 2 aliphatic rings. The standard InChI is InChI=1S/C22H28ClN3O3S/c1-13(25-30(28)22(2,3)4)17-11-15(23)12-18-19(17)24-20(14-7-9-29-10-8-14)26(21(18)27)16-5-6-16/h11-12,14,16H,5-10H2,1-4H3/b25-13+/t30-/m1/s1. The van der Waals surface area contributed by atoms with Crippen LogP contribution in [-0.4, -0.2) is 37.8 Å². The molecule has 4 rings (SSSR count). The highest BCUT2D eigenvalue weighted by Gasteiger charge is 2.33. The number of fused-ring (bicyclic) bond motifs is 1. The van der Waals surface area contributed by atoms with E-state index in [1.807, 2.05) is 25.3 Å². The highest BCUT2D eigenvalue weighted by atomic mass is 35.5. The summed E-state index contributed by atoms with van der Waals surface area (Å²) in [4.78, 5) is 18.5. The van der Waals surface area contributed by atoms with Crippen molar-refractivity contribution in [1.82, 2.24) is 9.55 Å². The van der Waals surface area contributed by atoms with Crippen LogP contribution in [-0.2, 0) is 16.1 Å². The van der Waals surface area contributed by atoms with Gasteiger partial charge >= 0.3 is 0 Å². The fourth-order valence-electron chi connectivity index (χ4n) is 3.80. The molecule has 2 heterocycles. The van der Waals surface area contributed by atoms with Crippen molar-refractivity contribution < 1.29 is 9.29 Å². The number of halogens is 1. The summed E-state index contributed by atoms with van der Waals surface area (Å²) >= 11 is 4.96. The highest BCUT2D eigenvalue weighted by molar-refractivity contribution is 7.91. The Morgan fingerprint density at radius 1 is 1.27 bits per heavy atom. The van der Waals surface area contributed by atoms with Gasteiger partial charge in [0.2, 0.25) is 0 Å². The number of aromatic nitrogens is 2. The van der Waals surface area contributed by atoms with E-state index >= 15 is 0 Å². The number of hydrogen-bond acceptors (Lipinski definition) is 5. The molecule has 6 nitrogen and oxygen atoms in total. The lowest BCUT2D eigenvalue weighted by Crippen LogP contribution is -2.29. The van der Waals surface area contributed by atoms with Crippen LogP contribution < -0.4 is 5.56 Å². The van der Waals surface area contributed by atoms with Gasteiger partial charge in [-0.25, -0.2) is 4.98 Å². The first-order valence-corrected chi connectivity index (χ1v) is 12.0. The summed E-state index contributed by atoms with van der Waals surface area (Å²) in [6.45, 7) is 8.81. The maximum Gasteiger partial charge on any atom is 0.261 e. The highest BCUT2D eigenvalue weighted by Crippen LogP contribution is 2.38. The Morgan fingerprint density at radius 3 is 2.53 bits per heavy atom. The van der Waals surface area contributed by atoms with E-state index < -0.39 is 16.1 Å². The molecule has 0 unspecified atom stereocenters. The zero-order valence-corrected chi connectivity index (χ0v) is 19.5. The maximum atomic E-state index is 13.5. The van der Waals surface area contributed by atoms with E-state index in [0.29, 0.717) is 40.4 Å². The molecule has 1 aromatic carbocycles. The van der Waals surface area contributed by atoms with Gasteiger partial charge in [-0.1, -0.05) is 16.0 Å². The quantitative estimate of drug-likeness (QED) is 0.506. The molecule has 2 aromatic rings. The zero-order valence-electron chi connectivity index (χ0n) is 17.9. The van der Waals surface area contributed by atoms with Crippen molar-refractivity contribution in [3.05, 3.63) is 38.9 Å². The largest absolute Gasteiger partial charge is 0.591 e. The summed E-state index contributed by atoms with van der Waals surface area (Å²) in [6, 6.07) is 3.68. The van der Waals surface area contributed by atoms with Gasteiger partial charge in [-0.15, -0.1) is 0 Å². The van der Waals surface area contributed by atoms with E-state index in [1.165, 1.54) is 0 Å². The molecule has 1 saturated carbocycles. The average Bonchev–Trinajstić information content (AvgIpc) is 3.52. The van der Waals surface area contributed by atoms with E-state index in [1.54, 1.807) is 19.1 Å². The van der Waals surface area contributed by atoms with Gasteiger partial charge in [-0.05, 0) is 65.5 Å². The van der Waals surface area contributed by atoms with Crippen molar-refractivity contribution in [1.29, 1.82) is 0 Å². The first-order valence-electron chi connectivity index (χ1n) is 10.5. The third-order valence-electron chi connectivity index (χ3n) is 5.63. The molecule has 8 heteroatoms. The van der Waals surface area contributed by atoms with Crippen LogP contribution in [0.25, 0.3) is 10.9 Å². The van der Waals surface area contributed by atoms with Gasteiger partial charge in [-0.2, -0.15) is 0 Å². The molecule has 1 aromatic heterocycles. The first kappa shape index (κ1) is 21.8. The van der Waals surface area contributed by atoms with Crippen LogP contribution in [0.2, 0.25) is 5.02 Å². The van der Waals surface area contributed by atoms with Gasteiger partial charge in [0, 0.05) is 35.8 Å². The topological polar surface area (TPSA) is 79.5 Å². The molecule has 1 aliphatic carbocycles. The van der Waals surface area contributed by atoms with Crippen LogP contribution in [0, 0.1) is 0 Å². The average molecular weight is 450 g/mol. The van der Waals surface area contributed by atoms with Crippen molar-refractivity contribution in [3.8, 4) is 0 Å². The molecule has 1 aliphatic heterocycles. The van der Waals surface area contributed by atoms with E-state index in [9.17, 15) is 9.35 Å². The molecule has 0 spiro atoms. The van der Waals surface area contributed by atoms with Crippen LogP contribution in [0.4, 0.5) is 0 Å². The molecule has 0 N–H and O–H groups in total. The summed E-state index contributed by atoms with van der Waals surface area (Å²) in [5.41, 5.74) is 1.79. The Bertz CT molecular complexity index is 1050. The van der Waals surface area contributed by atoms with Crippen molar-refractivity contribution >= 4 is 39.6 Å². The van der Waals surface area contributed by atoms with Crippen molar-refractivity contribution in [2.75, 3.05) is 13.2 Å². The number of hydrogen-bond donors (Lipinski definition) is 0. The van der Waals surface area contributed by atoms with E-state index in [4.69, 9.17) is 21.3 Å². The summed E-state index contributed by atoms with van der Waals surface area (Å²) in [6.07, 6.45) is 3.72. The smallest absolute Gasteiger partial charge is 0.261 e. The molecular formula is C22H28ClN3O3S. The van der Waals surface area contributed by atoms with Crippen molar-refractivity contribution in [2.24, 2.45) is 4.40 Å². The fourth-order valence-corrected chi connectivity index (χ4v) is 4.64. The molecular weight excluding hydrogens is 422 g/mol. The number of ether oxygens (including phenoxy) is 1. The molecule has 0 amide bonds. The Labute approximate surface area is 185 Å². The lowest BCUT2D eigenvalue weighted by Gasteiger charge is -2.25. The molecule has 0 radical (unpaired) electrons. The van der Waals surface area contributed by atoms with Gasteiger partial charge in [0.1, 0.15) is 21.9 Å². The van der Waals surface area contributed by atoms with E-state index in [-0.39, 0.29) is 17.5 Å².